The maximum atomic E-state index is 5.67. The van der Waals surface area contributed by atoms with Gasteiger partial charge in [0.1, 0.15) is 5.82 Å². The lowest BCUT2D eigenvalue weighted by Gasteiger charge is -2.23. The van der Waals surface area contributed by atoms with Gasteiger partial charge in [0, 0.05) is 24.6 Å². The number of anilines is 2. The SMILES string of the molecule is Cc1nnc2c(N(CCCN)c3ccccc3)nccn12. The molecular formula is C15H18N6. The summed E-state index contributed by atoms with van der Waals surface area (Å²) in [5.41, 5.74) is 7.51. The lowest BCUT2D eigenvalue weighted by molar-refractivity contribution is 0.809. The Bertz CT molecular complexity index is 721. The van der Waals surface area contributed by atoms with Crippen LogP contribution in [0, 0.1) is 6.92 Å². The summed E-state index contributed by atoms with van der Waals surface area (Å²) in [5, 5.41) is 8.38. The minimum absolute atomic E-state index is 0.637. The molecule has 0 amide bonds. The molecule has 0 aliphatic carbocycles. The van der Waals surface area contributed by atoms with Crippen molar-refractivity contribution in [1.82, 2.24) is 19.6 Å². The molecule has 0 saturated heterocycles. The van der Waals surface area contributed by atoms with Crippen molar-refractivity contribution in [3.8, 4) is 0 Å². The van der Waals surface area contributed by atoms with Crippen LogP contribution >= 0.6 is 0 Å². The molecule has 2 heterocycles. The third kappa shape index (κ3) is 2.57. The van der Waals surface area contributed by atoms with E-state index in [9.17, 15) is 0 Å². The zero-order valence-electron chi connectivity index (χ0n) is 12.0. The number of benzene rings is 1. The number of hydrogen-bond acceptors (Lipinski definition) is 5. The predicted molar refractivity (Wildman–Crippen MR) is 82.6 cm³/mol. The number of aromatic nitrogens is 4. The van der Waals surface area contributed by atoms with Gasteiger partial charge in [0.15, 0.2) is 5.82 Å². The van der Waals surface area contributed by atoms with Gasteiger partial charge in [-0.1, -0.05) is 18.2 Å². The Balaban J connectivity index is 2.10. The van der Waals surface area contributed by atoms with Crippen LogP contribution in [0.5, 0.6) is 0 Å². The van der Waals surface area contributed by atoms with E-state index in [0.717, 1.165) is 35.9 Å². The summed E-state index contributed by atoms with van der Waals surface area (Å²) >= 11 is 0. The van der Waals surface area contributed by atoms with Crippen molar-refractivity contribution < 1.29 is 0 Å². The van der Waals surface area contributed by atoms with Crippen LogP contribution in [0.1, 0.15) is 12.2 Å². The number of aryl methyl sites for hydroxylation is 1. The average Bonchev–Trinajstić information content (AvgIpc) is 2.91. The van der Waals surface area contributed by atoms with Crippen molar-refractivity contribution in [3.63, 3.8) is 0 Å². The largest absolute Gasteiger partial charge is 0.330 e. The van der Waals surface area contributed by atoms with E-state index in [0.29, 0.717) is 6.54 Å². The summed E-state index contributed by atoms with van der Waals surface area (Å²) < 4.78 is 1.95. The van der Waals surface area contributed by atoms with Gasteiger partial charge in [-0.2, -0.15) is 0 Å². The normalized spacial score (nSPS) is 11.0. The smallest absolute Gasteiger partial charge is 0.204 e. The Morgan fingerprint density at radius 3 is 2.76 bits per heavy atom. The molecule has 0 spiro atoms. The Kier molecular flexibility index (Phi) is 3.79. The monoisotopic (exact) mass is 282 g/mol. The van der Waals surface area contributed by atoms with Crippen LogP contribution in [0.25, 0.3) is 5.65 Å². The van der Waals surface area contributed by atoms with E-state index in [2.05, 4.69) is 32.2 Å². The highest BCUT2D eigenvalue weighted by atomic mass is 15.3. The summed E-state index contributed by atoms with van der Waals surface area (Å²) in [7, 11) is 0. The van der Waals surface area contributed by atoms with Crippen LogP contribution < -0.4 is 10.6 Å². The van der Waals surface area contributed by atoms with Crippen LogP contribution in [0.15, 0.2) is 42.7 Å². The molecule has 0 aliphatic rings. The first-order chi connectivity index (χ1) is 10.3. The quantitative estimate of drug-likeness (QED) is 0.774. The number of fused-ring (bicyclic) bond motifs is 1. The van der Waals surface area contributed by atoms with E-state index in [4.69, 9.17) is 5.73 Å². The molecule has 2 N–H and O–H groups in total. The highest BCUT2D eigenvalue weighted by molar-refractivity contribution is 5.72. The molecule has 108 valence electrons. The molecule has 6 nitrogen and oxygen atoms in total. The summed E-state index contributed by atoms with van der Waals surface area (Å²) in [4.78, 5) is 6.65. The number of nitrogens with zero attached hydrogens (tertiary/aromatic N) is 5. The van der Waals surface area contributed by atoms with Crippen LogP contribution in [0.4, 0.5) is 11.5 Å². The summed E-state index contributed by atoms with van der Waals surface area (Å²) in [6.07, 6.45) is 4.53. The van der Waals surface area contributed by atoms with E-state index in [-0.39, 0.29) is 0 Å². The molecule has 6 heteroatoms. The van der Waals surface area contributed by atoms with E-state index in [1.165, 1.54) is 0 Å². The first-order valence-corrected chi connectivity index (χ1v) is 7.00. The molecule has 2 aromatic heterocycles. The maximum Gasteiger partial charge on any atom is 0.204 e. The third-order valence-electron chi connectivity index (χ3n) is 3.39. The molecule has 0 radical (unpaired) electrons. The second-order valence-corrected chi connectivity index (χ2v) is 4.82. The molecule has 0 fully saturated rings. The number of nitrogens with two attached hydrogens (primary N) is 1. The van der Waals surface area contributed by atoms with E-state index < -0.39 is 0 Å². The van der Waals surface area contributed by atoms with Gasteiger partial charge in [0.2, 0.25) is 5.65 Å². The number of rotatable bonds is 5. The molecule has 0 aliphatic heterocycles. The first-order valence-electron chi connectivity index (χ1n) is 7.00. The molecule has 1 aromatic carbocycles. The summed E-state index contributed by atoms with van der Waals surface area (Å²) in [6, 6.07) is 10.1. The first kappa shape index (κ1) is 13.5. The van der Waals surface area contributed by atoms with Gasteiger partial charge in [-0.05, 0) is 32.0 Å². The van der Waals surface area contributed by atoms with Gasteiger partial charge in [-0.3, -0.25) is 4.40 Å². The van der Waals surface area contributed by atoms with Gasteiger partial charge < -0.3 is 10.6 Å². The Hall–Kier alpha value is -2.47. The molecule has 21 heavy (non-hydrogen) atoms. The van der Waals surface area contributed by atoms with Crippen LogP contribution in [0.3, 0.4) is 0 Å². The molecule has 0 bridgehead atoms. The highest BCUT2D eigenvalue weighted by Gasteiger charge is 2.16. The Morgan fingerprint density at radius 2 is 2.00 bits per heavy atom. The zero-order valence-corrected chi connectivity index (χ0v) is 12.0. The number of para-hydroxylation sites is 1. The lowest BCUT2D eigenvalue weighted by atomic mass is 10.2. The molecule has 3 aromatic rings. The zero-order chi connectivity index (χ0) is 14.7. The maximum absolute atomic E-state index is 5.67. The fourth-order valence-corrected chi connectivity index (χ4v) is 2.33. The van der Waals surface area contributed by atoms with Gasteiger partial charge >= 0.3 is 0 Å². The van der Waals surface area contributed by atoms with Gasteiger partial charge in [0.25, 0.3) is 0 Å². The molecular weight excluding hydrogens is 264 g/mol. The van der Waals surface area contributed by atoms with E-state index in [1.807, 2.05) is 35.7 Å². The lowest BCUT2D eigenvalue weighted by Crippen LogP contribution is -2.22. The number of hydrogen-bond donors (Lipinski definition) is 1. The third-order valence-corrected chi connectivity index (χ3v) is 3.39. The van der Waals surface area contributed by atoms with Crippen LogP contribution in [0.2, 0.25) is 0 Å². The predicted octanol–water partition coefficient (Wildman–Crippen LogP) is 1.92. The topological polar surface area (TPSA) is 72.3 Å². The van der Waals surface area contributed by atoms with Crippen LogP contribution in [-0.4, -0.2) is 32.7 Å². The van der Waals surface area contributed by atoms with Gasteiger partial charge in [0.05, 0.1) is 0 Å². The molecule has 0 atom stereocenters. The van der Waals surface area contributed by atoms with Crippen molar-refractivity contribution in [3.05, 3.63) is 48.5 Å². The second kappa shape index (κ2) is 5.88. The minimum atomic E-state index is 0.637. The molecule has 0 saturated carbocycles. The standard InChI is InChI=1S/C15H18N6/c1-12-18-19-15-14(17-9-11-20(12)15)21(10-5-8-16)13-6-3-2-4-7-13/h2-4,6-7,9,11H,5,8,10,16H2,1H3. The Morgan fingerprint density at radius 1 is 1.19 bits per heavy atom. The molecule has 3 rings (SSSR count). The fourth-order valence-electron chi connectivity index (χ4n) is 2.33. The second-order valence-electron chi connectivity index (χ2n) is 4.82. The summed E-state index contributed by atoms with van der Waals surface area (Å²) in [6.45, 7) is 3.35. The van der Waals surface area contributed by atoms with Crippen molar-refractivity contribution >= 4 is 17.2 Å². The van der Waals surface area contributed by atoms with E-state index in [1.54, 1.807) is 6.20 Å². The van der Waals surface area contributed by atoms with Crippen molar-refractivity contribution in [1.29, 1.82) is 0 Å². The van der Waals surface area contributed by atoms with E-state index >= 15 is 0 Å². The van der Waals surface area contributed by atoms with Gasteiger partial charge in [-0.15, -0.1) is 10.2 Å². The van der Waals surface area contributed by atoms with Crippen LogP contribution in [-0.2, 0) is 0 Å². The van der Waals surface area contributed by atoms with Gasteiger partial charge in [-0.25, -0.2) is 4.98 Å². The Labute approximate surface area is 123 Å². The molecule has 0 unspecified atom stereocenters. The highest BCUT2D eigenvalue weighted by Crippen LogP contribution is 2.26. The minimum Gasteiger partial charge on any atom is -0.330 e. The summed E-state index contributed by atoms with van der Waals surface area (Å²) in [5.74, 6) is 1.65. The van der Waals surface area contributed by atoms with Crippen molar-refractivity contribution in [2.24, 2.45) is 5.73 Å². The van der Waals surface area contributed by atoms with Crippen molar-refractivity contribution in [2.45, 2.75) is 13.3 Å². The fraction of sp³-hybridized carbons (Fsp3) is 0.267. The van der Waals surface area contributed by atoms with Crippen molar-refractivity contribution in [2.75, 3.05) is 18.0 Å². The average molecular weight is 282 g/mol.